The topological polar surface area (TPSA) is 64.2 Å². The summed E-state index contributed by atoms with van der Waals surface area (Å²) in [5.74, 6) is 0. The highest BCUT2D eigenvalue weighted by atomic mass is 16.5. The lowest BCUT2D eigenvalue weighted by atomic mass is 10.8. The number of nitriles is 1. The maximum absolute atomic E-state index is 7.56. The van der Waals surface area contributed by atoms with Crippen LogP contribution in [0.5, 0.6) is 0 Å². The van der Waals surface area contributed by atoms with Gasteiger partial charge in [-0.15, -0.1) is 0 Å². The summed E-state index contributed by atoms with van der Waals surface area (Å²) in [6.45, 7) is 0. The molecule has 0 atom stereocenters. The Bertz CT molecular complexity index is 53.2. The van der Waals surface area contributed by atoms with Crippen LogP contribution >= 0.6 is 0 Å². The fourth-order valence-corrected chi connectivity index (χ4v) is 0. The zero-order valence-electron chi connectivity index (χ0n) is 2.42. The molecule has 3 nitrogen and oxygen atoms in total. The van der Waals surface area contributed by atoms with E-state index in [1.54, 1.807) is 0 Å². The maximum Gasteiger partial charge on any atom is 0.243 e. The minimum Gasteiger partial charge on any atom is -0.357 e. The molecule has 0 amide bonds. The van der Waals surface area contributed by atoms with Gasteiger partial charge in [0.2, 0.25) is 6.29 Å². The molecule has 0 aliphatic heterocycles. The van der Waals surface area contributed by atoms with E-state index in [9.17, 15) is 0 Å². The second-order valence-electron chi connectivity index (χ2n) is 0.503. The fourth-order valence-electron chi connectivity index (χ4n) is 0. The Balaban J connectivity index is 2.94. The van der Waals surface area contributed by atoms with Gasteiger partial charge in [-0.2, -0.15) is 5.26 Å². The van der Waals surface area contributed by atoms with Crippen molar-refractivity contribution in [3.8, 4) is 6.07 Å². The summed E-state index contributed by atoms with van der Waals surface area (Å²) in [5, 5.41) is 22.5. The molecule has 0 saturated carbocycles. The standard InChI is InChI=1S/C2H3NO2/c3-1-2(4)5/h2,4-5H. The summed E-state index contributed by atoms with van der Waals surface area (Å²) >= 11 is 0. The fraction of sp³-hybridized carbons (Fsp3) is 0.500. The lowest BCUT2D eigenvalue weighted by Gasteiger charge is -1.77. The molecule has 0 aromatic heterocycles. The third-order valence-electron chi connectivity index (χ3n) is 0.115. The quantitative estimate of drug-likeness (QED) is 0.280. The van der Waals surface area contributed by atoms with E-state index in [0.29, 0.717) is 0 Å². The second kappa shape index (κ2) is 1.70. The van der Waals surface area contributed by atoms with Crippen molar-refractivity contribution in [2.75, 3.05) is 0 Å². The van der Waals surface area contributed by atoms with Gasteiger partial charge < -0.3 is 10.2 Å². The SMILES string of the molecule is N#CC(O)O. The lowest BCUT2D eigenvalue weighted by molar-refractivity contribution is 0.00902. The number of nitrogens with zero attached hydrogens (tertiary/aromatic N) is 1. The molecule has 0 unspecified atom stereocenters. The number of hydrogen-bond acceptors (Lipinski definition) is 3. The van der Waals surface area contributed by atoms with Crippen LogP contribution in [-0.4, -0.2) is 16.5 Å². The molecule has 3 heteroatoms. The van der Waals surface area contributed by atoms with Crippen LogP contribution in [0.25, 0.3) is 0 Å². The van der Waals surface area contributed by atoms with Crippen LogP contribution in [0.1, 0.15) is 0 Å². The minimum atomic E-state index is -1.81. The van der Waals surface area contributed by atoms with E-state index < -0.39 is 6.29 Å². The van der Waals surface area contributed by atoms with Crippen molar-refractivity contribution in [2.24, 2.45) is 0 Å². The molecule has 2 N–H and O–H groups in total. The summed E-state index contributed by atoms with van der Waals surface area (Å²) in [7, 11) is 0. The molecule has 0 aromatic rings. The third kappa shape index (κ3) is 3.41. The largest absolute Gasteiger partial charge is 0.357 e. The number of aliphatic hydroxyl groups is 2. The highest BCUT2D eigenvalue weighted by molar-refractivity contribution is 4.69. The van der Waals surface area contributed by atoms with Gasteiger partial charge in [-0.25, -0.2) is 0 Å². The van der Waals surface area contributed by atoms with Gasteiger partial charge >= 0.3 is 0 Å². The van der Waals surface area contributed by atoms with Crippen molar-refractivity contribution < 1.29 is 10.2 Å². The first kappa shape index (κ1) is 4.41. The molecule has 0 heterocycles. The smallest absolute Gasteiger partial charge is 0.243 e. The van der Waals surface area contributed by atoms with Crippen molar-refractivity contribution in [3.05, 3.63) is 0 Å². The average molecular weight is 73.1 g/mol. The summed E-state index contributed by atoms with van der Waals surface area (Å²) in [6, 6.07) is 1.14. The van der Waals surface area contributed by atoms with Crippen LogP contribution in [0.2, 0.25) is 0 Å². The summed E-state index contributed by atoms with van der Waals surface area (Å²) in [6.07, 6.45) is -1.81. The molecule has 0 aliphatic carbocycles. The molecule has 0 bridgehead atoms. The minimum absolute atomic E-state index is 1.14. The van der Waals surface area contributed by atoms with E-state index in [0.717, 1.165) is 6.07 Å². The van der Waals surface area contributed by atoms with Crippen molar-refractivity contribution in [1.29, 1.82) is 5.26 Å². The Hall–Kier alpha value is -0.590. The first-order valence-corrected chi connectivity index (χ1v) is 1.03. The van der Waals surface area contributed by atoms with Gasteiger partial charge in [0.15, 0.2) is 0 Å². The van der Waals surface area contributed by atoms with Crippen molar-refractivity contribution in [1.82, 2.24) is 0 Å². The van der Waals surface area contributed by atoms with Gasteiger partial charge in [0, 0.05) is 0 Å². The van der Waals surface area contributed by atoms with Gasteiger partial charge in [-0.05, 0) is 0 Å². The van der Waals surface area contributed by atoms with Crippen molar-refractivity contribution >= 4 is 0 Å². The van der Waals surface area contributed by atoms with Crippen LogP contribution in [0.4, 0.5) is 0 Å². The van der Waals surface area contributed by atoms with Gasteiger partial charge in [-0.1, -0.05) is 0 Å². The molecular formula is C2H3NO2. The zero-order chi connectivity index (χ0) is 4.28. The summed E-state index contributed by atoms with van der Waals surface area (Å²) in [4.78, 5) is 0. The molecule has 0 spiro atoms. The number of rotatable bonds is 0. The third-order valence-corrected chi connectivity index (χ3v) is 0.115. The van der Waals surface area contributed by atoms with E-state index >= 15 is 0 Å². The van der Waals surface area contributed by atoms with Crippen LogP contribution in [-0.2, 0) is 0 Å². The van der Waals surface area contributed by atoms with E-state index in [2.05, 4.69) is 0 Å². The normalized spacial score (nSPS) is 7.60. The molecule has 0 saturated heterocycles. The molecule has 0 aliphatic rings. The first-order valence-electron chi connectivity index (χ1n) is 1.03. The van der Waals surface area contributed by atoms with Crippen molar-refractivity contribution in [2.45, 2.75) is 6.29 Å². The molecule has 0 rings (SSSR count). The predicted molar refractivity (Wildman–Crippen MR) is 13.8 cm³/mol. The summed E-state index contributed by atoms with van der Waals surface area (Å²) in [5.41, 5.74) is 0. The Morgan fingerprint density at radius 3 is 1.80 bits per heavy atom. The average Bonchev–Trinajstić information content (AvgIpc) is 1.38. The predicted octanol–water partition coefficient (Wildman–Crippen LogP) is -1.18. The number of hydrogen-bond donors (Lipinski definition) is 2. The van der Waals surface area contributed by atoms with Crippen LogP contribution in [0, 0.1) is 11.3 Å². The van der Waals surface area contributed by atoms with Gasteiger partial charge in [0.25, 0.3) is 0 Å². The maximum atomic E-state index is 7.56. The molecule has 5 heavy (non-hydrogen) atoms. The van der Waals surface area contributed by atoms with Crippen molar-refractivity contribution in [3.63, 3.8) is 0 Å². The highest BCUT2D eigenvalue weighted by Crippen LogP contribution is 1.59. The highest BCUT2D eigenvalue weighted by Gasteiger charge is 1.82. The molecular weight excluding hydrogens is 70.0 g/mol. The summed E-state index contributed by atoms with van der Waals surface area (Å²) < 4.78 is 0. The van der Waals surface area contributed by atoms with E-state index in [1.807, 2.05) is 0 Å². The Labute approximate surface area is 29.1 Å². The lowest BCUT2D eigenvalue weighted by Crippen LogP contribution is -1.96. The number of aliphatic hydroxyl groups excluding tert-OH is 1. The van der Waals surface area contributed by atoms with Crippen LogP contribution in [0.3, 0.4) is 0 Å². The molecule has 0 aromatic carbocycles. The first-order chi connectivity index (χ1) is 2.27. The Morgan fingerprint density at radius 2 is 1.80 bits per heavy atom. The van der Waals surface area contributed by atoms with Gasteiger partial charge in [-0.3, -0.25) is 0 Å². The van der Waals surface area contributed by atoms with Crippen LogP contribution < -0.4 is 0 Å². The van der Waals surface area contributed by atoms with Gasteiger partial charge in [0.1, 0.15) is 6.07 Å². The van der Waals surface area contributed by atoms with E-state index in [-0.39, 0.29) is 0 Å². The molecule has 0 radical (unpaired) electrons. The molecule has 28 valence electrons. The van der Waals surface area contributed by atoms with Crippen LogP contribution in [0.15, 0.2) is 0 Å². The monoisotopic (exact) mass is 73.0 g/mol. The Morgan fingerprint density at radius 1 is 1.60 bits per heavy atom. The zero-order valence-corrected chi connectivity index (χ0v) is 2.42. The Kier molecular flexibility index (Phi) is 1.50. The van der Waals surface area contributed by atoms with E-state index in [1.165, 1.54) is 0 Å². The molecule has 0 fully saturated rings. The van der Waals surface area contributed by atoms with E-state index in [4.69, 9.17) is 15.5 Å². The second-order valence-corrected chi connectivity index (χ2v) is 0.503. The van der Waals surface area contributed by atoms with Gasteiger partial charge in [0.05, 0.1) is 0 Å².